The molecule has 2 atom stereocenters. The fourth-order valence-corrected chi connectivity index (χ4v) is 4.40. The predicted octanol–water partition coefficient (Wildman–Crippen LogP) is 3.82. The molecular weight excluding hydrogens is 500 g/mol. The molecule has 0 saturated carbocycles. The zero-order valence-electron chi connectivity index (χ0n) is 22.6. The number of nitrogens with one attached hydrogen (secondary N) is 2. The maximum atomic E-state index is 13.2. The summed E-state index contributed by atoms with van der Waals surface area (Å²) in [5.41, 5.74) is -1.54. The molecule has 2 N–H and O–H groups in total. The molecule has 0 saturated heterocycles. The lowest BCUT2D eigenvalue weighted by molar-refractivity contribution is -0.125. The van der Waals surface area contributed by atoms with Crippen molar-refractivity contribution in [3.05, 3.63) is 28.3 Å². The molecule has 0 fully saturated rings. The molecular formula is C25H38N4O7S. The highest BCUT2D eigenvalue weighted by Gasteiger charge is 2.40. The van der Waals surface area contributed by atoms with Crippen LogP contribution in [0.3, 0.4) is 0 Å². The normalized spacial score (nSPS) is 18.6. The maximum absolute atomic E-state index is 13.2. The molecule has 37 heavy (non-hydrogen) atoms. The number of hydrogen-bond donors (Lipinski definition) is 2. The van der Waals surface area contributed by atoms with Crippen molar-refractivity contribution in [1.29, 1.82) is 0 Å². The van der Waals surface area contributed by atoms with E-state index in [1.807, 2.05) is 6.92 Å². The number of methoxy groups -OCH3 is 1. The van der Waals surface area contributed by atoms with Gasteiger partial charge in [-0.05, 0) is 41.0 Å². The summed E-state index contributed by atoms with van der Waals surface area (Å²) in [6, 6.07) is 2.37. The van der Waals surface area contributed by atoms with Gasteiger partial charge in [-0.3, -0.25) is 9.79 Å². The van der Waals surface area contributed by atoms with Gasteiger partial charge >= 0.3 is 11.7 Å². The molecule has 1 aromatic heterocycles. The second kappa shape index (κ2) is 13.5. The number of thioether (sulfide) groups is 1. The Morgan fingerprint density at radius 3 is 2.70 bits per heavy atom. The third-order valence-corrected chi connectivity index (χ3v) is 6.51. The lowest BCUT2D eigenvalue weighted by Crippen LogP contribution is -2.45. The Bertz CT molecular complexity index is 1060. The largest absolute Gasteiger partial charge is 0.496 e. The molecule has 0 aliphatic carbocycles. The number of ether oxygens (including phenoxy) is 2. The van der Waals surface area contributed by atoms with E-state index in [1.54, 1.807) is 40.7 Å². The van der Waals surface area contributed by atoms with Crippen molar-refractivity contribution in [2.45, 2.75) is 78.0 Å². The molecule has 2 amide bonds. The number of carbonyl (C=O) groups is 2. The minimum Gasteiger partial charge on any atom is -0.496 e. The standard InChI is InChI=1S/C25H38N4O7S/c1-8-10-18(19-13-17(33-7)14-20(30)35-19)27-22(31)25(6)15-37-21(28-25)16(2)29-34-12-9-11-26-23(32)36-24(3,4)5/h13-14,18H,8-12,15H2,1-7H3,(H,26,32)(H,27,31)/b29-16+/t18-,25+/m1/s1. The fraction of sp³-hybridized carbons (Fsp3) is 0.640. The molecule has 1 aliphatic heterocycles. The zero-order chi connectivity index (χ0) is 27.6. The average Bonchev–Trinajstić information content (AvgIpc) is 3.22. The highest BCUT2D eigenvalue weighted by Crippen LogP contribution is 2.30. The highest BCUT2D eigenvalue weighted by molar-refractivity contribution is 8.16. The van der Waals surface area contributed by atoms with E-state index in [2.05, 4.69) is 20.8 Å². The topological polar surface area (TPSA) is 141 Å². The first kappa shape index (κ1) is 30.2. The van der Waals surface area contributed by atoms with E-state index in [0.29, 0.717) is 54.0 Å². The van der Waals surface area contributed by atoms with Gasteiger partial charge in [0.2, 0.25) is 5.91 Å². The summed E-state index contributed by atoms with van der Waals surface area (Å²) in [6.07, 6.45) is 1.42. The molecule has 0 unspecified atom stereocenters. The Hall–Kier alpha value is -3.02. The zero-order valence-corrected chi connectivity index (χ0v) is 23.5. The number of hydrogen-bond acceptors (Lipinski definition) is 10. The predicted molar refractivity (Wildman–Crippen MR) is 144 cm³/mol. The molecule has 1 aliphatic rings. The lowest BCUT2D eigenvalue weighted by Gasteiger charge is -2.24. The molecule has 2 rings (SSSR count). The first-order chi connectivity index (χ1) is 17.4. The van der Waals surface area contributed by atoms with Gasteiger partial charge in [-0.1, -0.05) is 18.5 Å². The first-order valence-corrected chi connectivity index (χ1v) is 13.2. The first-order valence-electron chi connectivity index (χ1n) is 12.2. The van der Waals surface area contributed by atoms with Gasteiger partial charge in [-0.15, -0.1) is 11.8 Å². The van der Waals surface area contributed by atoms with E-state index in [1.165, 1.54) is 24.9 Å². The Morgan fingerprint density at radius 1 is 1.32 bits per heavy atom. The van der Waals surface area contributed by atoms with Crippen LogP contribution >= 0.6 is 11.8 Å². The monoisotopic (exact) mass is 538 g/mol. The van der Waals surface area contributed by atoms with Crippen molar-refractivity contribution in [2.24, 2.45) is 10.1 Å². The molecule has 0 aromatic carbocycles. The van der Waals surface area contributed by atoms with Gasteiger partial charge in [0.1, 0.15) is 40.0 Å². The number of aliphatic imine (C=N–C) groups is 1. The van der Waals surface area contributed by atoms with E-state index in [-0.39, 0.29) is 5.91 Å². The third kappa shape index (κ3) is 9.75. The Kier molecular flexibility index (Phi) is 11.0. The molecule has 0 spiro atoms. The lowest BCUT2D eigenvalue weighted by atomic mass is 10.0. The Labute approximate surface area is 221 Å². The average molecular weight is 539 g/mol. The van der Waals surface area contributed by atoms with Gasteiger partial charge in [-0.25, -0.2) is 9.59 Å². The Balaban J connectivity index is 1.93. The van der Waals surface area contributed by atoms with Crippen LogP contribution in [0.2, 0.25) is 0 Å². The van der Waals surface area contributed by atoms with E-state index in [9.17, 15) is 14.4 Å². The summed E-state index contributed by atoms with van der Waals surface area (Å²) in [5, 5.41) is 10.4. The quantitative estimate of drug-likeness (QED) is 0.232. The number of nitrogens with zero attached hydrogens (tertiary/aromatic N) is 2. The van der Waals surface area contributed by atoms with Crippen molar-refractivity contribution >= 4 is 34.5 Å². The van der Waals surface area contributed by atoms with Gasteiger partial charge < -0.3 is 29.4 Å². The van der Waals surface area contributed by atoms with Gasteiger partial charge in [0.25, 0.3) is 0 Å². The van der Waals surface area contributed by atoms with Crippen molar-refractivity contribution in [2.75, 3.05) is 26.0 Å². The second-order valence-electron chi connectivity index (χ2n) is 9.80. The second-order valence-corrected chi connectivity index (χ2v) is 10.8. The molecule has 11 nitrogen and oxygen atoms in total. The van der Waals surface area contributed by atoms with Crippen molar-refractivity contribution in [3.63, 3.8) is 0 Å². The van der Waals surface area contributed by atoms with Crippen LogP contribution in [0.25, 0.3) is 0 Å². The van der Waals surface area contributed by atoms with Crippen LogP contribution in [0.5, 0.6) is 5.75 Å². The fourth-order valence-electron chi connectivity index (χ4n) is 3.27. The maximum Gasteiger partial charge on any atom is 0.407 e. The minimum atomic E-state index is -1.01. The van der Waals surface area contributed by atoms with Gasteiger partial charge in [-0.2, -0.15) is 0 Å². The van der Waals surface area contributed by atoms with Crippen LogP contribution in [-0.2, 0) is 14.4 Å². The molecule has 2 heterocycles. The summed E-state index contributed by atoms with van der Waals surface area (Å²) in [4.78, 5) is 46.7. The number of alkyl carbamates (subject to hydrolysis) is 1. The van der Waals surface area contributed by atoms with Gasteiger partial charge in [0, 0.05) is 24.8 Å². The highest BCUT2D eigenvalue weighted by atomic mass is 32.2. The molecule has 1 aromatic rings. The molecule has 206 valence electrons. The van der Waals surface area contributed by atoms with Crippen LogP contribution in [0, 0.1) is 0 Å². The summed E-state index contributed by atoms with van der Waals surface area (Å²) in [6.45, 7) is 11.6. The smallest absolute Gasteiger partial charge is 0.407 e. The summed E-state index contributed by atoms with van der Waals surface area (Å²) in [5.74, 6) is 0.866. The Morgan fingerprint density at radius 2 is 2.05 bits per heavy atom. The number of rotatable bonds is 12. The van der Waals surface area contributed by atoms with Crippen LogP contribution < -0.4 is 21.0 Å². The summed E-state index contributed by atoms with van der Waals surface area (Å²) >= 11 is 1.42. The van der Waals surface area contributed by atoms with Crippen molar-refractivity contribution < 1.29 is 28.3 Å². The molecule has 12 heteroatoms. The SMILES string of the molecule is CCC[C@@H](NC(=O)[C@]1(C)CSC(/C(C)=N/OCCCNC(=O)OC(C)(C)C)=N1)c1cc(OC)cc(=O)o1. The van der Waals surface area contributed by atoms with Crippen molar-refractivity contribution in [1.82, 2.24) is 10.6 Å². The van der Waals surface area contributed by atoms with Crippen LogP contribution in [-0.4, -0.2) is 59.9 Å². The third-order valence-electron chi connectivity index (χ3n) is 5.14. The van der Waals surface area contributed by atoms with Crippen molar-refractivity contribution in [3.8, 4) is 5.75 Å². The van der Waals surface area contributed by atoms with Gasteiger partial charge in [0.15, 0.2) is 0 Å². The van der Waals surface area contributed by atoms with E-state index in [0.717, 1.165) is 6.42 Å². The number of amides is 2. The molecule has 0 radical (unpaired) electrons. The van der Waals surface area contributed by atoms with E-state index >= 15 is 0 Å². The van der Waals surface area contributed by atoms with Gasteiger partial charge in [0.05, 0.1) is 19.2 Å². The number of oxime groups is 1. The van der Waals surface area contributed by atoms with E-state index in [4.69, 9.17) is 18.7 Å². The van der Waals surface area contributed by atoms with Crippen LogP contribution in [0.4, 0.5) is 4.79 Å². The summed E-state index contributed by atoms with van der Waals surface area (Å²) < 4.78 is 15.7. The van der Waals surface area contributed by atoms with E-state index < -0.39 is 28.9 Å². The van der Waals surface area contributed by atoms with Crippen LogP contribution in [0.15, 0.2) is 31.5 Å². The minimum absolute atomic E-state index is 0.277. The van der Waals surface area contributed by atoms with Crippen LogP contribution in [0.1, 0.15) is 72.6 Å². The summed E-state index contributed by atoms with van der Waals surface area (Å²) in [7, 11) is 1.47. The number of carbonyl (C=O) groups excluding carboxylic acids is 2. The molecule has 0 bridgehead atoms.